The van der Waals surface area contributed by atoms with Crippen LogP contribution in [0.15, 0.2) is 0 Å². The normalized spacial score (nSPS) is 12.9. The van der Waals surface area contributed by atoms with Crippen LogP contribution < -0.4 is 16.4 Å². The quantitative estimate of drug-likeness (QED) is 0.0327. The summed E-state index contributed by atoms with van der Waals surface area (Å²) in [7, 11) is -4.47. The first kappa shape index (κ1) is 52.2. The standard InChI is InChI=1S/C38H78N3O10PS/c1-3-5-7-9-11-13-15-17-19-21-24-50-32-35(41-37(42)22-20-18-16-14-12-10-8-6-4-2)33-53-34-36(39)38(43)40-23-25-47-26-27-48-28-29-49-30-31-51-52(44,45)46/h35-36H,3-34,39H2,1-2H3,(H,40,43)(H,41,42)(H2,44,45,46)/t35-,36+/m1/s1. The number of thioether (sulfide) groups is 1. The number of unbranched alkanes of at least 4 members (excludes halogenated alkanes) is 17. The van der Waals surface area contributed by atoms with Crippen molar-refractivity contribution in [1.82, 2.24) is 10.6 Å². The second-order valence-corrected chi connectivity index (χ2v) is 16.0. The van der Waals surface area contributed by atoms with Crippen LogP contribution in [-0.4, -0.2) is 111 Å². The zero-order valence-electron chi connectivity index (χ0n) is 33.4. The lowest BCUT2D eigenvalue weighted by atomic mass is 10.1. The molecule has 0 spiro atoms. The van der Waals surface area contributed by atoms with Gasteiger partial charge in [0.05, 0.1) is 64.9 Å². The monoisotopic (exact) mass is 800 g/mol. The molecule has 53 heavy (non-hydrogen) atoms. The number of phosphoric ester groups is 1. The average molecular weight is 800 g/mol. The van der Waals surface area contributed by atoms with Gasteiger partial charge in [0.2, 0.25) is 11.8 Å². The van der Waals surface area contributed by atoms with Crippen molar-refractivity contribution in [3.8, 4) is 0 Å². The number of nitrogens with two attached hydrogens (primary N) is 1. The van der Waals surface area contributed by atoms with Crippen LogP contribution in [-0.2, 0) is 37.6 Å². The fraction of sp³-hybridized carbons (Fsp3) is 0.947. The highest BCUT2D eigenvalue weighted by Crippen LogP contribution is 2.35. The Morgan fingerprint density at radius 3 is 1.62 bits per heavy atom. The summed E-state index contributed by atoms with van der Waals surface area (Å²) < 4.78 is 36.8. The van der Waals surface area contributed by atoms with Gasteiger partial charge in [-0.05, 0) is 12.8 Å². The summed E-state index contributed by atoms with van der Waals surface area (Å²) >= 11 is 1.55. The minimum Gasteiger partial charge on any atom is -0.379 e. The van der Waals surface area contributed by atoms with Crippen molar-refractivity contribution >= 4 is 31.4 Å². The van der Waals surface area contributed by atoms with E-state index in [4.69, 9.17) is 34.5 Å². The molecule has 6 N–H and O–H groups in total. The molecule has 0 radical (unpaired) electrons. The number of carbonyl (C=O) groups excluding carboxylic acids is 2. The predicted molar refractivity (Wildman–Crippen MR) is 215 cm³/mol. The maximum atomic E-state index is 12.8. The number of ether oxygens (including phenoxy) is 4. The number of hydrogen-bond acceptors (Lipinski definition) is 10. The SMILES string of the molecule is CCCCCCCCCCCCOC[C@H](CSC[C@H](N)C(=O)NCCOCCOCCOCCOP(=O)(O)O)NC(=O)CCCCCCCCCCC. The van der Waals surface area contributed by atoms with Gasteiger partial charge in [0, 0.05) is 31.1 Å². The Labute approximate surface area is 326 Å². The van der Waals surface area contributed by atoms with Gasteiger partial charge >= 0.3 is 7.82 Å². The zero-order valence-corrected chi connectivity index (χ0v) is 35.1. The van der Waals surface area contributed by atoms with E-state index in [0.29, 0.717) is 64.1 Å². The number of amides is 2. The van der Waals surface area contributed by atoms with Gasteiger partial charge in [0.25, 0.3) is 0 Å². The van der Waals surface area contributed by atoms with Crippen molar-refractivity contribution in [2.75, 3.05) is 77.5 Å². The van der Waals surface area contributed by atoms with E-state index in [1.54, 1.807) is 11.8 Å². The van der Waals surface area contributed by atoms with Crippen LogP contribution in [0.25, 0.3) is 0 Å². The summed E-state index contributed by atoms with van der Waals surface area (Å²) in [6, 6.07) is -0.810. The molecule has 0 aromatic heterocycles. The molecular formula is C38H78N3O10PS. The summed E-state index contributed by atoms with van der Waals surface area (Å²) in [4.78, 5) is 42.5. The van der Waals surface area contributed by atoms with Crippen molar-refractivity contribution < 1.29 is 47.4 Å². The van der Waals surface area contributed by atoms with E-state index in [-0.39, 0.29) is 37.7 Å². The van der Waals surface area contributed by atoms with Crippen molar-refractivity contribution in [2.45, 2.75) is 154 Å². The van der Waals surface area contributed by atoms with Gasteiger partial charge in [-0.3, -0.25) is 14.1 Å². The summed E-state index contributed by atoms with van der Waals surface area (Å²) in [5.41, 5.74) is 6.15. The van der Waals surface area contributed by atoms with E-state index in [1.165, 1.54) is 103 Å². The van der Waals surface area contributed by atoms with E-state index < -0.39 is 13.9 Å². The van der Waals surface area contributed by atoms with Crippen LogP contribution in [0.3, 0.4) is 0 Å². The van der Waals surface area contributed by atoms with Crippen molar-refractivity contribution in [3.63, 3.8) is 0 Å². The third-order valence-electron chi connectivity index (χ3n) is 8.56. The average Bonchev–Trinajstić information content (AvgIpc) is 3.12. The van der Waals surface area contributed by atoms with Crippen molar-refractivity contribution in [2.24, 2.45) is 5.73 Å². The van der Waals surface area contributed by atoms with Crippen LogP contribution in [0.1, 0.15) is 142 Å². The second kappa shape index (κ2) is 39.4. The third-order valence-corrected chi connectivity index (χ3v) is 10.3. The molecule has 0 saturated heterocycles. The van der Waals surface area contributed by atoms with Gasteiger partial charge in [0.1, 0.15) is 0 Å². The number of nitrogens with one attached hydrogen (secondary N) is 2. The highest BCUT2D eigenvalue weighted by atomic mass is 32.2. The molecule has 0 aliphatic rings. The zero-order chi connectivity index (χ0) is 39.1. The van der Waals surface area contributed by atoms with Crippen LogP contribution >= 0.6 is 19.6 Å². The van der Waals surface area contributed by atoms with Crippen molar-refractivity contribution in [3.05, 3.63) is 0 Å². The van der Waals surface area contributed by atoms with Gasteiger partial charge < -0.3 is 45.1 Å². The number of rotatable bonds is 42. The largest absolute Gasteiger partial charge is 0.469 e. The Bertz CT molecular complexity index is 874. The van der Waals surface area contributed by atoms with Gasteiger partial charge in [0.15, 0.2) is 0 Å². The fourth-order valence-corrected chi connectivity index (χ4v) is 6.81. The molecule has 0 aromatic rings. The van der Waals surface area contributed by atoms with Crippen LogP contribution in [0.4, 0.5) is 0 Å². The van der Waals surface area contributed by atoms with E-state index >= 15 is 0 Å². The Morgan fingerprint density at radius 1 is 0.623 bits per heavy atom. The van der Waals surface area contributed by atoms with Gasteiger partial charge in [-0.25, -0.2) is 4.57 Å². The molecule has 316 valence electrons. The molecule has 0 aromatic carbocycles. The van der Waals surface area contributed by atoms with Gasteiger partial charge in [-0.2, -0.15) is 11.8 Å². The molecule has 2 amide bonds. The topological polar surface area (TPSA) is 188 Å². The minimum atomic E-state index is -4.47. The Morgan fingerprint density at radius 2 is 1.09 bits per heavy atom. The summed E-state index contributed by atoms with van der Waals surface area (Å²) in [5.74, 6) is 0.864. The lowest BCUT2D eigenvalue weighted by molar-refractivity contribution is -0.123. The molecule has 0 aliphatic carbocycles. The van der Waals surface area contributed by atoms with E-state index in [1.807, 2.05) is 0 Å². The number of phosphoric acid groups is 1. The van der Waals surface area contributed by atoms with Crippen LogP contribution in [0.5, 0.6) is 0 Å². The first-order valence-electron chi connectivity index (χ1n) is 20.6. The highest BCUT2D eigenvalue weighted by Gasteiger charge is 2.17. The smallest absolute Gasteiger partial charge is 0.379 e. The van der Waals surface area contributed by atoms with Crippen LogP contribution in [0, 0.1) is 0 Å². The maximum Gasteiger partial charge on any atom is 0.469 e. The number of carbonyl (C=O) groups is 2. The first-order valence-corrected chi connectivity index (χ1v) is 23.3. The molecule has 0 saturated carbocycles. The first-order chi connectivity index (χ1) is 25.7. The third kappa shape index (κ3) is 40.7. The van der Waals surface area contributed by atoms with Crippen molar-refractivity contribution in [1.29, 1.82) is 0 Å². The Hall–Kier alpha value is -0.800. The van der Waals surface area contributed by atoms with Gasteiger partial charge in [-0.1, -0.05) is 123 Å². The second-order valence-electron chi connectivity index (χ2n) is 13.7. The lowest BCUT2D eigenvalue weighted by Gasteiger charge is -2.20. The fourth-order valence-electron chi connectivity index (χ4n) is 5.49. The minimum absolute atomic E-state index is 0.0514. The maximum absolute atomic E-state index is 12.8. The molecule has 0 unspecified atom stereocenters. The molecule has 0 rings (SSSR count). The highest BCUT2D eigenvalue weighted by molar-refractivity contribution is 7.99. The Kier molecular flexibility index (Phi) is 38.8. The number of hydrogen-bond donors (Lipinski definition) is 5. The summed E-state index contributed by atoms with van der Waals surface area (Å²) in [5, 5.41) is 5.97. The molecular weight excluding hydrogens is 721 g/mol. The van der Waals surface area contributed by atoms with E-state index in [2.05, 4.69) is 29.0 Å². The summed E-state index contributed by atoms with van der Waals surface area (Å²) in [6.45, 7) is 7.37. The molecule has 15 heteroatoms. The molecule has 13 nitrogen and oxygen atoms in total. The molecule has 2 atom stereocenters. The summed E-state index contributed by atoms with van der Waals surface area (Å²) in [6.07, 6.45) is 24.2. The van der Waals surface area contributed by atoms with Gasteiger partial charge in [-0.15, -0.1) is 0 Å². The molecule has 0 aliphatic heterocycles. The predicted octanol–water partition coefficient (Wildman–Crippen LogP) is 6.67. The lowest BCUT2D eigenvalue weighted by Crippen LogP contribution is -2.44. The van der Waals surface area contributed by atoms with Crippen LogP contribution in [0.2, 0.25) is 0 Å². The molecule has 0 fully saturated rings. The van der Waals surface area contributed by atoms with E-state index in [0.717, 1.165) is 19.3 Å². The molecule has 0 heterocycles. The Balaban J connectivity index is 4.23. The molecule has 0 bridgehead atoms. The van der Waals surface area contributed by atoms with E-state index in [9.17, 15) is 14.2 Å².